The van der Waals surface area contributed by atoms with Crippen molar-refractivity contribution in [2.24, 2.45) is 0 Å². The molecule has 0 saturated carbocycles. The van der Waals surface area contributed by atoms with Crippen LogP contribution in [0.2, 0.25) is 0 Å². The van der Waals surface area contributed by atoms with Crippen LogP contribution < -0.4 is 9.47 Å². The third-order valence-corrected chi connectivity index (χ3v) is 8.29. The smallest absolute Gasteiger partial charge is 0.254 e. The van der Waals surface area contributed by atoms with Crippen LogP contribution in [0.5, 0.6) is 11.5 Å². The maximum absolute atomic E-state index is 14.3. The van der Waals surface area contributed by atoms with Crippen molar-refractivity contribution in [1.29, 1.82) is 0 Å². The van der Waals surface area contributed by atoms with E-state index in [1.807, 2.05) is 50.2 Å². The van der Waals surface area contributed by atoms with E-state index < -0.39 is 5.54 Å². The SMILES string of the molecule is CCOc1c(OC)cccc1[C@H]1CN2C(=O)CN(CCc3ccc(F)cc3)C(=O)[C@]2(C)c2[nH]c3ccccc3c21. The first kappa shape index (κ1) is 25.9. The number of aromatic nitrogens is 1. The van der Waals surface area contributed by atoms with Gasteiger partial charge in [-0.2, -0.15) is 0 Å². The third kappa shape index (κ3) is 4.01. The average Bonchev–Trinajstić information content (AvgIpc) is 3.36. The number of carbonyl (C=O) groups excluding carboxylic acids is 2. The fourth-order valence-corrected chi connectivity index (χ4v) is 6.32. The predicted molar refractivity (Wildman–Crippen MR) is 150 cm³/mol. The minimum Gasteiger partial charge on any atom is -0.493 e. The summed E-state index contributed by atoms with van der Waals surface area (Å²) in [5.74, 6) is 0.491. The van der Waals surface area contributed by atoms with E-state index in [1.165, 1.54) is 12.1 Å². The van der Waals surface area contributed by atoms with Crippen LogP contribution in [-0.4, -0.2) is 59.9 Å². The fourth-order valence-electron chi connectivity index (χ4n) is 6.32. The molecule has 3 aromatic carbocycles. The van der Waals surface area contributed by atoms with Crippen LogP contribution in [0, 0.1) is 5.82 Å². The van der Waals surface area contributed by atoms with Crippen LogP contribution in [0.25, 0.3) is 10.9 Å². The summed E-state index contributed by atoms with van der Waals surface area (Å²) in [4.78, 5) is 34.9. The number of aromatic amines is 1. The second kappa shape index (κ2) is 10.0. The molecule has 2 amide bonds. The summed E-state index contributed by atoms with van der Waals surface area (Å²) in [6.45, 7) is 4.92. The van der Waals surface area contributed by atoms with Gasteiger partial charge in [0.15, 0.2) is 17.0 Å². The van der Waals surface area contributed by atoms with Crippen LogP contribution >= 0.6 is 0 Å². The van der Waals surface area contributed by atoms with E-state index in [0.717, 1.165) is 33.3 Å². The molecule has 7 nitrogen and oxygen atoms in total. The van der Waals surface area contributed by atoms with E-state index in [9.17, 15) is 14.0 Å². The van der Waals surface area contributed by atoms with Gasteiger partial charge in [0.2, 0.25) is 5.91 Å². The highest BCUT2D eigenvalue weighted by atomic mass is 19.1. The number of hydrogen-bond donors (Lipinski definition) is 1. The summed E-state index contributed by atoms with van der Waals surface area (Å²) in [6.07, 6.45) is 0.527. The summed E-state index contributed by atoms with van der Waals surface area (Å²) in [6, 6.07) is 20.1. The number of amides is 2. The van der Waals surface area contributed by atoms with E-state index in [0.29, 0.717) is 37.6 Å². The van der Waals surface area contributed by atoms with Gasteiger partial charge in [-0.05, 0) is 55.7 Å². The van der Waals surface area contributed by atoms with Gasteiger partial charge in [-0.3, -0.25) is 9.59 Å². The molecule has 1 saturated heterocycles. The maximum Gasteiger partial charge on any atom is 0.254 e. The molecule has 8 heteroatoms. The average molecular weight is 542 g/mol. The molecule has 1 N–H and O–H groups in total. The maximum atomic E-state index is 14.3. The Bertz CT molecular complexity index is 1600. The van der Waals surface area contributed by atoms with Gasteiger partial charge in [-0.1, -0.05) is 42.5 Å². The molecule has 2 aliphatic rings. The van der Waals surface area contributed by atoms with Crippen molar-refractivity contribution >= 4 is 22.7 Å². The van der Waals surface area contributed by atoms with E-state index in [-0.39, 0.29) is 30.1 Å². The zero-order valence-electron chi connectivity index (χ0n) is 22.9. The van der Waals surface area contributed by atoms with Crippen molar-refractivity contribution < 1.29 is 23.5 Å². The van der Waals surface area contributed by atoms with E-state index in [1.54, 1.807) is 29.0 Å². The number of H-pyrrole nitrogens is 1. The number of methoxy groups -OCH3 is 1. The summed E-state index contributed by atoms with van der Waals surface area (Å²) in [5.41, 5.74) is 3.24. The number of nitrogens with one attached hydrogen (secondary N) is 1. The van der Waals surface area contributed by atoms with Crippen molar-refractivity contribution in [3.8, 4) is 11.5 Å². The van der Waals surface area contributed by atoms with Gasteiger partial charge in [0, 0.05) is 35.5 Å². The van der Waals surface area contributed by atoms with Crippen molar-refractivity contribution in [2.45, 2.75) is 31.7 Å². The molecular formula is C32H32FN3O4. The summed E-state index contributed by atoms with van der Waals surface area (Å²) >= 11 is 0. The van der Waals surface area contributed by atoms with Crippen LogP contribution in [0.3, 0.4) is 0 Å². The number of benzene rings is 3. The number of nitrogens with zero attached hydrogens (tertiary/aromatic N) is 2. The van der Waals surface area contributed by atoms with Crippen molar-refractivity contribution in [1.82, 2.24) is 14.8 Å². The molecule has 3 heterocycles. The zero-order chi connectivity index (χ0) is 28.0. The molecule has 1 aromatic heterocycles. The fraction of sp³-hybridized carbons (Fsp3) is 0.312. The Balaban J connectivity index is 1.46. The van der Waals surface area contributed by atoms with E-state index in [2.05, 4.69) is 11.1 Å². The van der Waals surface area contributed by atoms with Gasteiger partial charge in [0.05, 0.1) is 26.0 Å². The Morgan fingerprint density at radius 3 is 2.58 bits per heavy atom. The monoisotopic (exact) mass is 541 g/mol. The number of ether oxygens (including phenoxy) is 2. The highest BCUT2D eigenvalue weighted by molar-refractivity contribution is 6.01. The molecule has 4 aromatic rings. The van der Waals surface area contributed by atoms with E-state index in [4.69, 9.17) is 9.47 Å². The second-order valence-electron chi connectivity index (χ2n) is 10.5. The van der Waals surface area contributed by atoms with Gasteiger partial charge in [0.1, 0.15) is 5.82 Å². The summed E-state index contributed by atoms with van der Waals surface area (Å²) in [7, 11) is 1.62. The molecule has 0 bridgehead atoms. The molecule has 1 fully saturated rings. The molecule has 0 radical (unpaired) electrons. The molecule has 2 atom stereocenters. The zero-order valence-corrected chi connectivity index (χ0v) is 22.9. The van der Waals surface area contributed by atoms with Crippen molar-refractivity contribution in [3.63, 3.8) is 0 Å². The minimum absolute atomic E-state index is 0.00563. The molecule has 0 aliphatic carbocycles. The molecule has 206 valence electrons. The Kier molecular flexibility index (Phi) is 6.49. The molecular weight excluding hydrogens is 509 g/mol. The lowest BCUT2D eigenvalue weighted by molar-refractivity contribution is -0.166. The van der Waals surface area contributed by atoms with Crippen LogP contribution in [0.15, 0.2) is 66.7 Å². The minimum atomic E-state index is -1.20. The van der Waals surface area contributed by atoms with Crippen molar-refractivity contribution in [2.75, 3.05) is 33.4 Å². The molecule has 0 spiro atoms. The Labute approximate surface area is 232 Å². The van der Waals surface area contributed by atoms with Crippen LogP contribution in [-0.2, 0) is 21.5 Å². The first-order valence-corrected chi connectivity index (χ1v) is 13.6. The van der Waals surface area contributed by atoms with Gasteiger partial charge in [-0.15, -0.1) is 0 Å². The largest absolute Gasteiger partial charge is 0.493 e. The lowest BCUT2D eigenvalue weighted by Crippen LogP contribution is -2.67. The Morgan fingerprint density at radius 1 is 1.05 bits per heavy atom. The number of hydrogen-bond acceptors (Lipinski definition) is 4. The normalized spacial score (nSPS) is 20.4. The second-order valence-corrected chi connectivity index (χ2v) is 10.5. The molecule has 2 aliphatic heterocycles. The summed E-state index contributed by atoms with van der Waals surface area (Å²) < 4.78 is 25.1. The first-order chi connectivity index (χ1) is 19.4. The number of halogens is 1. The Morgan fingerprint density at radius 2 is 1.82 bits per heavy atom. The van der Waals surface area contributed by atoms with Crippen molar-refractivity contribution in [3.05, 3.63) is 94.9 Å². The number of carbonyl (C=O) groups is 2. The Hall–Kier alpha value is -4.33. The van der Waals surface area contributed by atoms with Gasteiger partial charge < -0.3 is 24.3 Å². The highest BCUT2D eigenvalue weighted by Gasteiger charge is 2.56. The highest BCUT2D eigenvalue weighted by Crippen LogP contribution is 2.50. The predicted octanol–water partition coefficient (Wildman–Crippen LogP) is 4.99. The first-order valence-electron chi connectivity index (χ1n) is 13.6. The number of fused-ring (bicyclic) bond motifs is 5. The van der Waals surface area contributed by atoms with Crippen LogP contribution in [0.4, 0.5) is 4.39 Å². The van der Waals surface area contributed by atoms with Gasteiger partial charge in [0.25, 0.3) is 5.91 Å². The van der Waals surface area contributed by atoms with Crippen LogP contribution in [0.1, 0.15) is 42.1 Å². The number of para-hydroxylation sites is 2. The van der Waals surface area contributed by atoms with E-state index >= 15 is 0 Å². The standard InChI is InChI=1S/C32H32FN3O4/c1-4-40-29-22(9-7-11-26(29)39-3)24-18-36-27(37)19-35(17-16-20-12-14-21(33)15-13-20)31(38)32(36,2)30-28(24)23-8-5-6-10-25(23)34-30/h5-15,24,34H,4,16-19H2,1-3H3/t24-,32+/m1/s1. The third-order valence-electron chi connectivity index (χ3n) is 8.29. The molecule has 6 rings (SSSR count). The topological polar surface area (TPSA) is 74.9 Å². The summed E-state index contributed by atoms with van der Waals surface area (Å²) in [5, 5.41) is 1.01. The number of piperazine rings is 1. The quantitative estimate of drug-likeness (QED) is 0.358. The van der Waals surface area contributed by atoms with Gasteiger partial charge in [-0.25, -0.2) is 4.39 Å². The lowest BCUT2D eigenvalue weighted by Gasteiger charge is -2.51. The molecule has 40 heavy (non-hydrogen) atoms. The lowest BCUT2D eigenvalue weighted by atomic mass is 9.76. The molecule has 0 unspecified atom stereocenters. The number of rotatable bonds is 7. The van der Waals surface area contributed by atoms with Gasteiger partial charge >= 0.3 is 0 Å².